The summed E-state index contributed by atoms with van der Waals surface area (Å²) in [5, 5.41) is 9.39. The molecule has 2 unspecified atom stereocenters. The Hall–Kier alpha value is -0.880. The van der Waals surface area contributed by atoms with Gasteiger partial charge in [0.05, 0.1) is 10.4 Å². The van der Waals surface area contributed by atoms with Gasteiger partial charge < -0.3 is 15.6 Å². The zero-order chi connectivity index (χ0) is 14.5. The van der Waals surface area contributed by atoms with Crippen LogP contribution in [0.15, 0.2) is 40.2 Å². The van der Waals surface area contributed by atoms with Crippen LogP contribution in [0.25, 0.3) is 0 Å². The third-order valence-corrected chi connectivity index (χ3v) is 4.82. The van der Waals surface area contributed by atoms with E-state index in [0.29, 0.717) is 5.75 Å². The predicted molar refractivity (Wildman–Crippen MR) is 86.0 cm³/mol. The van der Waals surface area contributed by atoms with Gasteiger partial charge in [-0.2, -0.15) is 0 Å². The zero-order valence-corrected chi connectivity index (χ0v) is 13.7. The molecule has 1 aromatic heterocycles. The molecule has 1 aromatic carbocycles. The van der Waals surface area contributed by atoms with Crippen molar-refractivity contribution in [3.63, 3.8) is 0 Å². The van der Waals surface area contributed by atoms with Crippen molar-refractivity contribution in [2.45, 2.75) is 32.1 Å². The maximum Gasteiger partial charge on any atom is 0.148 e. The highest BCUT2D eigenvalue weighted by molar-refractivity contribution is 9.11. The van der Waals surface area contributed by atoms with E-state index < -0.39 is 0 Å². The van der Waals surface area contributed by atoms with Gasteiger partial charge in [0.25, 0.3) is 0 Å². The number of aliphatic hydroxyl groups excluding tert-OH is 1. The fourth-order valence-electron chi connectivity index (χ4n) is 1.94. The van der Waals surface area contributed by atoms with Gasteiger partial charge in [0.1, 0.15) is 11.9 Å². The largest absolute Gasteiger partial charge is 0.483 e. The van der Waals surface area contributed by atoms with Crippen molar-refractivity contribution in [2.24, 2.45) is 5.73 Å². The van der Waals surface area contributed by atoms with Crippen molar-refractivity contribution in [3.8, 4) is 5.75 Å². The second kappa shape index (κ2) is 7.22. The molecule has 0 bridgehead atoms. The van der Waals surface area contributed by atoms with Crippen molar-refractivity contribution >= 4 is 27.3 Å². The fourth-order valence-corrected chi connectivity index (χ4v) is 3.47. The number of aliphatic hydroxyl groups is 1. The van der Waals surface area contributed by atoms with Crippen molar-refractivity contribution < 1.29 is 9.84 Å². The molecule has 3 nitrogen and oxygen atoms in total. The van der Waals surface area contributed by atoms with Crippen LogP contribution in [-0.4, -0.2) is 11.1 Å². The minimum absolute atomic E-state index is 0.0433. The Morgan fingerprint density at radius 3 is 2.65 bits per heavy atom. The summed E-state index contributed by atoms with van der Waals surface area (Å²) in [6, 6.07) is 11.4. The predicted octanol–water partition coefficient (Wildman–Crippen LogP) is 3.86. The minimum atomic E-state index is -0.205. The van der Waals surface area contributed by atoms with Gasteiger partial charge in [-0.05, 0) is 40.5 Å². The Morgan fingerprint density at radius 2 is 2.05 bits per heavy atom. The molecule has 2 aromatic rings. The number of ether oxygens (including phenoxy) is 1. The lowest BCUT2D eigenvalue weighted by Gasteiger charge is -2.24. The van der Waals surface area contributed by atoms with Crippen molar-refractivity contribution in [3.05, 3.63) is 50.6 Å². The first-order valence-electron chi connectivity index (χ1n) is 6.52. The number of hydrogen-bond donors (Lipinski definition) is 2. The van der Waals surface area contributed by atoms with E-state index in [1.54, 1.807) is 11.3 Å². The molecule has 2 atom stereocenters. The summed E-state index contributed by atoms with van der Waals surface area (Å²) in [6.45, 7) is 2.00. The lowest BCUT2D eigenvalue weighted by Crippen LogP contribution is -2.31. The first-order chi connectivity index (χ1) is 9.65. The molecule has 0 fully saturated rings. The van der Waals surface area contributed by atoms with E-state index in [0.717, 1.165) is 20.6 Å². The first-order valence-corrected chi connectivity index (χ1v) is 8.13. The van der Waals surface area contributed by atoms with Crippen LogP contribution in [0.3, 0.4) is 0 Å². The topological polar surface area (TPSA) is 55.5 Å². The lowest BCUT2D eigenvalue weighted by molar-refractivity contribution is 0.168. The standard InChI is InChI=1S/C15H18BrNO2S/c1-2-11(17)15(13-7-8-14(16)20-13)19-12-6-4-3-5-10(12)9-18/h3-8,11,15,18H,2,9,17H2,1H3. The zero-order valence-electron chi connectivity index (χ0n) is 11.3. The second-order valence-electron chi connectivity index (χ2n) is 4.52. The van der Waals surface area contributed by atoms with Crippen molar-refractivity contribution in [1.82, 2.24) is 0 Å². The van der Waals surface area contributed by atoms with Crippen molar-refractivity contribution in [1.29, 1.82) is 0 Å². The Bertz CT molecular complexity index is 558. The molecule has 5 heteroatoms. The number of benzene rings is 1. The number of hydrogen-bond acceptors (Lipinski definition) is 4. The van der Waals surface area contributed by atoms with E-state index in [1.807, 2.05) is 43.3 Å². The molecule has 20 heavy (non-hydrogen) atoms. The van der Waals surface area contributed by atoms with Crippen LogP contribution in [0.1, 0.15) is 29.9 Å². The van der Waals surface area contributed by atoms with Gasteiger partial charge in [-0.25, -0.2) is 0 Å². The molecule has 0 spiro atoms. The number of halogens is 1. The molecule has 0 aliphatic rings. The quantitative estimate of drug-likeness (QED) is 0.826. The smallest absolute Gasteiger partial charge is 0.148 e. The number of para-hydroxylation sites is 1. The average molecular weight is 356 g/mol. The maximum absolute atomic E-state index is 9.39. The minimum Gasteiger partial charge on any atom is -0.483 e. The molecule has 0 radical (unpaired) electrons. The van der Waals surface area contributed by atoms with Gasteiger partial charge in [-0.3, -0.25) is 0 Å². The number of thiophene rings is 1. The van der Waals surface area contributed by atoms with Gasteiger partial charge in [0.15, 0.2) is 0 Å². The van der Waals surface area contributed by atoms with Crippen LogP contribution in [-0.2, 0) is 6.61 Å². The molecule has 0 amide bonds. The molecule has 108 valence electrons. The monoisotopic (exact) mass is 355 g/mol. The van der Waals surface area contributed by atoms with Crippen molar-refractivity contribution in [2.75, 3.05) is 0 Å². The number of rotatable bonds is 6. The van der Waals surface area contributed by atoms with Crippen LogP contribution in [0, 0.1) is 0 Å². The fraction of sp³-hybridized carbons (Fsp3) is 0.333. The van der Waals surface area contributed by atoms with E-state index >= 15 is 0 Å². The molecule has 0 aliphatic heterocycles. The maximum atomic E-state index is 9.39. The molecule has 0 saturated heterocycles. The normalized spacial score (nSPS) is 14.0. The molecular weight excluding hydrogens is 338 g/mol. The average Bonchev–Trinajstić information content (AvgIpc) is 2.90. The molecule has 0 aliphatic carbocycles. The van der Waals surface area contributed by atoms with Crippen LogP contribution in [0.5, 0.6) is 5.75 Å². The highest BCUT2D eigenvalue weighted by Gasteiger charge is 2.23. The number of nitrogens with two attached hydrogens (primary N) is 1. The van der Waals surface area contributed by atoms with E-state index in [1.165, 1.54) is 0 Å². The van der Waals surface area contributed by atoms with E-state index in [4.69, 9.17) is 10.5 Å². The SMILES string of the molecule is CCC(N)C(Oc1ccccc1CO)c1ccc(Br)s1. The summed E-state index contributed by atoms with van der Waals surface area (Å²) in [5.41, 5.74) is 6.98. The van der Waals surface area contributed by atoms with Gasteiger partial charge in [-0.1, -0.05) is 25.1 Å². The summed E-state index contributed by atoms with van der Waals surface area (Å²) < 4.78 is 7.15. The highest BCUT2D eigenvalue weighted by Crippen LogP contribution is 2.33. The van der Waals surface area contributed by atoms with Gasteiger partial charge >= 0.3 is 0 Å². The van der Waals surface area contributed by atoms with Crippen LogP contribution in [0.2, 0.25) is 0 Å². The summed E-state index contributed by atoms with van der Waals surface area (Å²) in [6.07, 6.45) is 0.616. The van der Waals surface area contributed by atoms with Gasteiger partial charge in [0.2, 0.25) is 0 Å². The Balaban J connectivity index is 2.28. The van der Waals surface area contributed by atoms with Crippen LogP contribution in [0.4, 0.5) is 0 Å². The van der Waals surface area contributed by atoms with E-state index in [-0.39, 0.29) is 18.8 Å². The summed E-state index contributed by atoms with van der Waals surface area (Å²) >= 11 is 5.09. The summed E-state index contributed by atoms with van der Waals surface area (Å²) in [4.78, 5) is 1.08. The lowest BCUT2D eigenvalue weighted by atomic mass is 10.1. The molecule has 0 saturated carbocycles. The first kappa shape index (κ1) is 15.5. The van der Waals surface area contributed by atoms with Gasteiger partial charge in [0, 0.05) is 16.5 Å². The molecular formula is C15H18BrNO2S. The third-order valence-electron chi connectivity index (χ3n) is 3.13. The Kier molecular flexibility index (Phi) is 5.60. The molecule has 3 N–H and O–H groups in total. The van der Waals surface area contributed by atoms with Crippen LogP contribution < -0.4 is 10.5 Å². The third kappa shape index (κ3) is 3.61. The Labute approximate surface area is 131 Å². The van der Waals surface area contributed by atoms with Crippen LogP contribution >= 0.6 is 27.3 Å². The highest BCUT2D eigenvalue weighted by atomic mass is 79.9. The summed E-state index contributed by atoms with van der Waals surface area (Å²) in [7, 11) is 0. The second-order valence-corrected chi connectivity index (χ2v) is 7.01. The molecule has 1 heterocycles. The van der Waals surface area contributed by atoms with E-state index in [9.17, 15) is 5.11 Å². The summed E-state index contributed by atoms with van der Waals surface area (Å²) in [5.74, 6) is 0.688. The Morgan fingerprint density at radius 1 is 1.30 bits per heavy atom. The van der Waals surface area contributed by atoms with Gasteiger partial charge in [-0.15, -0.1) is 11.3 Å². The van der Waals surface area contributed by atoms with E-state index in [2.05, 4.69) is 15.9 Å². The molecule has 2 rings (SSSR count).